The molecular formula is C28H24N2O5. The summed E-state index contributed by atoms with van der Waals surface area (Å²) in [5, 5.41) is 28.2. The van der Waals surface area contributed by atoms with E-state index in [0.29, 0.717) is 16.8 Å². The molecule has 5 aromatic rings. The van der Waals surface area contributed by atoms with Crippen LogP contribution in [0.4, 0.5) is 0 Å². The molecule has 0 unspecified atom stereocenters. The van der Waals surface area contributed by atoms with Gasteiger partial charge in [0, 0.05) is 22.2 Å². The van der Waals surface area contributed by atoms with Crippen LogP contribution >= 0.6 is 0 Å². The van der Waals surface area contributed by atoms with Crippen molar-refractivity contribution in [3.05, 3.63) is 114 Å². The molecule has 35 heavy (non-hydrogen) atoms. The number of fused-ring (bicyclic) bond motifs is 2. The fourth-order valence-corrected chi connectivity index (χ4v) is 3.26. The molecule has 0 spiro atoms. The Labute approximate surface area is 202 Å². The zero-order chi connectivity index (χ0) is 25.4. The Morgan fingerprint density at radius 1 is 0.571 bits per heavy atom. The predicted octanol–water partition coefficient (Wildman–Crippen LogP) is 5.88. The molecule has 0 amide bonds. The highest BCUT2D eigenvalue weighted by atomic mass is 16.4. The summed E-state index contributed by atoms with van der Waals surface area (Å²) in [6, 6.07) is 26.5. The molecule has 2 aromatic heterocycles. The fourth-order valence-electron chi connectivity index (χ4n) is 3.26. The van der Waals surface area contributed by atoms with Gasteiger partial charge in [-0.15, -0.1) is 0 Å². The summed E-state index contributed by atoms with van der Waals surface area (Å²) in [5.74, 6) is -1.55. The first-order valence-corrected chi connectivity index (χ1v) is 10.7. The van der Waals surface area contributed by atoms with E-state index in [1.54, 1.807) is 48.5 Å². The monoisotopic (exact) mass is 468 g/mol. The van der Waals surface area contributed by atoms with Crippen LogP contribution in [0.15, 0.2) is 91.0 Å². The Balaban J connectivity index is 0.000000155. The summed E-state index contributed by atoms with van der Waals surface area (Å²) >= 11 is 0. The van der Waals surface area contributed by atoms with Gasteiger partial charge in [-0.3, -0.25) is 9.97 Å². The number of pyridine rings is 2. The van der Waals surface area contributed by atoms with Crippen LogP contribution in [-0.4, -0.2) is 37.2 Å². The molecule has 3 aromatic carbocycles. The van der Waals surface area contributed by atoms with E-state index in [2.05, 4.69) is 9.97 Å². The van der Waals surface area contributed by atoms with E-state index in [-0.39, 0.29) is 11.1 Å². The molecule has 0 saturated heterocycles. The number of aryl methyl sites for hydroxylation is 2. The van der Waals surface area contributed by atoms with Gasteiger partial charge in [0.2, 0.25) is 0 Å². The summed E-state index contributed by atoms with van der Waals surface area (Å²) in [6.07, 6.45) is 0. The molecule has 0 bridgehead atoms. The molecule has 0 aliphatic rings. The Hall–Kier alpha value is -4.78. The first kappa shape index (κ1) is 24.9. The fraction of sp³-hybridized carbons (Fsp3) is 0.0714. The number of phenols is 1. The zero-order valence-electron chi connectivity index (χ0n) is 19.2. The summed E-state index contributed by atoms with van der Waals surface area (Å²) in [5.41, 5.74) is 3.27. The average molecular weight is 469 g/mol. The number of nitrogens with zero attached hydrogens (tertiary/aromatic N) is 2. The zero-order valence-corrected chi connectivity index (χ0v) is 19.2. The lowest BCUT2D eigenvalue weighted by Gasteiger charge is -2.01. The van der Waals surface area contributed by atoms with Gasteiger partial charge in [-0.2, -0.15) is 0 Å². The maximum absolute atomic E-state index is 10.9. The Morgan fingerprint density at radius 3 is 1.34 bits per heavy atom. The molecule has 0 aliphatic carbocycles. The van der Waals surface area contributed by atoms with Crippen LogP contribution < -0.4 is 0 Å². The van der Waals surface area contributed by atoms with Crippen LogP contribution in [0.25, 0.3) is 21.8 Å². The summed E-state index contributed by atoms with van der Waals surface area (Å²) in [6.45, 7) is 3.69. The number of aromatic nitrogens is 2. The van der Waals surface area contributed by atoms with Crippen molar-refractivity contribution in [2.24, 2.45) is 0 Å². The van der Waals surface area contributed by atoms with Crippen LogP contribution in [0.3, 0.4) is 0 Å². The van der Waals surface area contributed by atoms with Crippen molar-refractivity contribution in [3.8, 4) is 5.75 Å². The molecule has 0 radical (unpaired) electrons. The summed E-state index contributed by atoms with van der Waals surface area (Å²) < 4.78 is 0. The third-order valence-corrected chi connectivity index (χ3v) is 4.94. The SMILES string of the molecule is Cc1ccc2cccc(C(=O)O)c2n1.Cc1ccc2cccc(C(=O)O)c2n1.Oc1ccccc1. The van der Waals surface area contributed by atoms with Crippen LogP contribution in [0, 0.1) is 13.8 Å². The number of carboxylic acids is 2. The highest BCUT2D eigenvalue weighted by Gasteiger charge is 2.09. The van der Waals surface area contributed by atoms with E-state index in [1.165, 1.54) is 0 Å². The van der Waals surface area contributed by atoms with Gasteiger partial charge in [0.05, 0.1) is 22.2 Å². The topological polar surface area (TPSA) is 121 Å². The van der Waals surface area contributed by atoms with E-state index in [0.717, 1.165) is 22.2 Å². The van der Waals surface area contributed by atoms with E-state index in [4.69, 9.17) is 15.3 Å². The third-order valence-electron chi connectivity index (χ3n) is 4.94. The number of carbonyl (C=O) groups is 2. The molecule has 5 rings (SSSR count). The highest BCUT2D eigenvalue weighted by molar-refractivity contribution is 6.02. The van der Waals surface area contributed by atoms with Gasteiger partial charge in [0.25, 0.3) is 0 Å². The summed E-state index contributed by atoms with van der Waals surface area (Å²) in [7, 11) is 0. The van der Waals surface area contributed by atoms with Gasteiger partial charge < -0.3 is 15.3 Å². The number of rotatable bonds is 2. The van der Waals surface area contributed by atoms with Crippen molar-refractivity contribution in [2.45, 2.75) is 13.8 Å². The minimum Gasteiger partial charge on any atom is -0.508 e. The van der Waals surface area contributed by atoms with Crippen LogP contribution in [0.1, 0.15) is 32.1 Å². The second-order valence-electron chi connectivity index (χ2n) is 7.61. The molecule has 0 aliphatic heterocycles. The van der Waals surface area contributed by atoms with Gasteiger partial charge in [0.1, 0.15) is 5.75 Å². The van der Waals surface area contributed by atoms with Crippen molar-refractivity contribution >= 4 is 33.7 Å². The molecule has 2 heterocycles. The van der Waals surface area contributed by atoms with Crippen molar-refractivity contribution in [1.29, 1.82) is 0 Å². The van der Waals surface area contributed by atoms with Crippen molar-refractivity contribution in [3.63, 3.8) is 0 Å². The molecule has 0 fully saturated rings. The minimum atomic E-state index is -0.936. The van der Waals surface area contributed by atoms with Gasteiger partial charge in [-0.25, -0.2) is 9.59 Å². The Bertz CT molecular complexity index is 1390. The van der Waals surface area contributed by atoms with Gasteiger partial charge >= 0.3 is 11.9 Å². The number of phenolic OH excluding ortho intramolecular Hbond substituents is 1. The first-order chi connectivity index (χ1) is 16.8. The quantitative estimate of drug-likeness (QED) is 0.296. The van der Waals surface area contributed by atoms with E-state index in [9.17, 15) is 9.59 Å². The lowest BCUT2D eigenvalue weighted by atomic mass is 10.1. The Morgan fingerprint density at radius 2 is 1.00 bits per heavy atom. The van der Waals surface area contributed by atoms with Gasteiger partial charge in [-0.1, -0.05) is 54.6 Å². The molecule has 7 heteroatoms. The molecular weight excluding hydrogens is 444 g/mol. The third kappa shape index (κ3) is 6.61. The molecule has 0 saturated carbocycles. The van der Waals surface area contributed by atoms with Crippen molar-refractivity contribution < 1.29 is 24.9 Å². The molecule has 7 nitrogen and oxygen atoms in total. The first-order valence-electron chi connectivity index (χ1n) is 10.7. The van der Waals surface area contributed by atoms with Crippen LogP contribution in [0.2, 0.25) is 0 Å². The van der Waals surface area contributed by atoms with E-state index >= 15 is 0 Å². The number of benzene rings is 3. The number of aromatic hydroxyl groups is 1. The number of hydrogen-bond acceptors (Lipinski definition) is 5. The molecule has 176 valence electrons. The molecule has 0 atom stereocenters. The second-order valence-corrected chi connectivity index (χ2v) is 7.61. The summed E-state index contributed by atoms with van der Waals surface area (Å²) in [4.78, 5) is 30.2. The lowest BCUT2D eigenvalue weighted by molar-refractivity contribution is 0.0688. The number of hydrogen-bond donors (Lipinski definition) is 3. The maximum Gasteiger partial charge on any atom is 0.337 e. The van der Waals surface area contributed by atoms with Crippen LogP contribution in [-0.2, 0) is 0 Å². The highest BCUT2D eigenvalue weighted by Crippen LogP contribution is 2.18. The normalized spacial score (nSPS) is 10.0. The maximum atomic E-state index is 10.9. The lowest BCUT2D eigenvalue weighted by Crippen LogP contribution is -1.99. The number of aromatic carboxylic acids is 2. The van der Waals surface area contributed by atoms with Crippen LogP contribution in [0.5, 0.6) is 5.75 Å². The van der Waals surface area contributed by atoms with Crippen molar-refractivity contribution in [1.82, 2.24) is 9.97 Å². The van der Waals surface area contributed by atoms with E-state index in [1.807, 2.05) is 56.3 Å². The van der Waals surface area contributed by atoms with Crippen molar-refractivity contribution in [2.75, 3.05) is 0 Å². The largest absolute Gasteiger partial charge is 0.508 e. The van der Waals surface area contributed by atoms with Gasteiger partial charge in [-0.05, 0) is 50.2 Å². The predicted molar refractivity (Wildman–Crippen MR) is 135 cm³/mol. The Kier molecular flexibility index (Phi) is 8.08. The average Bonchev–Trinajstić information content (AvgIpc) is 2.84. The number of para-hydroxylation sites is 3. The number of carboxylic acid groups (broad SMARTS) is 2. The van der Waals surface area contributed by atoms with E-state index < -0.39 is 11.9 Å². The standard InChI is InChI=1S/2C11H9NO2.C6H6O/c2*1-7-5-6-8-3-2-4-9(11(13)14)10(8)12-7;7-6-4-2-1-3-5-6/h2*2-6H,1H3,(H,13,14);1-5,7H. The minimum absolute atomic E-state index is 0.256. The van der Waals surface area contributed by atoms with Gasteiger partial charge in [0.15, 0.2) is 0 Å². The smallest absolute Gasteiger partial charge is 0.337 e. The second kappa shape index (κ2) is 11.4. The molecule has 3 N–H and O–H groups in total.